The van der Waals surface area contributed by atoms with Crippen molar-refractivity contribution in [2.75, 3.05) is 7.05 Å². The number of nitrogens with one attached hydrogen (secondary N) is 1. The fraction of sp³-hybridized carbons (Fsp3) is 0.600. The lowest BCUT2D eigenvalue weighted by Crippen LogP contribution is -2.19. The van der Waals surface area contributed by atoms with Gasteiger partial charge in [0, 0.05) is 26.2 Å². The van der Waals surface area contributed by atoms with E-state index in [1.165, 1.54) is 5.56 Å². The van der Waals surface area contributed by atoms with Gasteiger partial charge in [0.25, 0.3) is 0 Å². The predicted molar refractivity (Wildman–Crippen MR) is 55.0 cm³/mol. The van der Waals surface area contributed by atoms with E-state index in [4.69, 9.17) is 0 Å². The van der Waals surface area contributed by atoms with Crippen molar-refractivity contribution in [1.29, 1.82) is 0 Å². The Morgan fingerprint density at radius 2 is 2.36 bits per heavy atom. The molecule has 1 aromatic rings. The summed E-state index contributed by atoms with van der Waals surface area (Å²) in [4.78, 5) is 11.0. The van der Waals surface area contributed by atoms with Gasteiger partial charge in [-0.05, 0) is 11.5 Å². The summed E-state index contributed by atoms with van der Waals surface area (Å²) in [5.41, 5.74) is 1.21. The first-order chi connectivity index (χ1) is 6.63. The fourth-order valence-corrected chi connectivity index (χ4v) is 1.14. The van der Waals surface area contributed by atoms with Crippen molar-refractivity contribution in [3.05, 3.63) is 18.0 Å². The van der Waals surface area contributed by atoms with Crippen molar-refractivity contribution >= 4 is 5.91 Å². The molecule has 4 nitrogen and oxygen atoms in total. The zero-order chi connectivity index (χ0) is 10.6. The molecule has 1 rings (SSSR count). The Bertz CT molecular complexity index is 304. The topological polar surface area (TPSA) is 46.9 Å². The van der Waals surface area contributed by atoms with Crippen molar-refractivity contribution in [3.63, 3.8) is 0 Å². The minimum Gasteiger partial charge on any atom is -0.359 e. The number of rotatable bonds is 4. The number of aromatic nitrogens is 2. The van der Waals surface area contributed by atoms with Gasteiger partial charge in [-0.2, -0.15) is 5.10 Å². The van der Waals surface area contributed by atoms with Crippen LogP contribution in [0.3, 0.4) is 0 Å². The van der Waals surface area contributed by atoms with Crippen LogP contribution in [0, 0.1) is 0 Å². The molecule has 0 atom stereocenters. The molecule has 0 unspecified atom stereocenters. The van der Waals surface area contributed by atoms with Crippen LogP contribution in [-0.2, 0) is 11.3 Å². The monoisotopic (exact) mass is 195 g/mol. The standard InChI is InChI=1S/C10H17N3O/c1-8(2)9-6-12-13(7-9)5-4-10(14)11-3/h6-8H,4-5H2,1-3H3,(H,11,14). The lowest BCUT2D eigenvalue weighted by atomic mass is 10.1. The molecule has 0 aliphatic heterocycles. The lowest BCUT2D eigenvalue weighted by Gasteiger charge is -2.00. The van der Waals surface area contributed by atoms with Crippen LogP contribution in [-0.4, -0.2) is 22.7 Å². The van der Waals surface area contributed by atoms with E-state index < -0.39 is 0 Å². The number of hydrogen-bond acceptors (Lipinski definition) is 2. The van der Waals surface area contributed by atoms with E-state index in [1.807, 2.05) is 17.1 Å². The second-order valence-corrected chi connectivity index (χ2v) is 3.61. The van der Waals surface area contributed by atoms with E-state index in [0.717, 1.165) is 0 Å². The molecule has 0 spiro atoms. The second-order valence-electron chi connectivity index (χ2n) is 3.61. The third kappa shape index (κ3) is 2.87. The van der Waals surface area contributed by atoms with Gasteiger partial charge in [0.1, 0.15) is 0 Å². The van der Waals surface area contributed by atoms with Crippen molar-refractivity contribution in [1.82, 2.24) is 15.1 Å². The van der Waals surface area contributed by atoms with Gasteiger partial charge >= 0.3 is 0 Å². The zero-order valence-corrected chi connectivity index (χ0v) is 8.95. The Labute approximate surface area is 84.3 Å². The average Bonchev–Trinajstić information content (AvgIpc) is 2.62. The van der Waals surface area contributed by atoms with E-state index in [1.54, 1.807) is 7.05 Å². The third-order valence-corrected chi connectivity index (χ3v) is 2.17. The minimum atomic E-state index is 0.0478. The van der Waals surface area contributed by atoms with Gasteiger partial charge in [-0.25, -0.2) is 0 Å². The Balaban J connectivity index is 2.48. The Morgan fingerprint density at radius 1 is 1.64 bits per heavy atom. The van der Waals surface area contributed by atoms with Gasteiger partial charge in [0.2, 0.25) is 5.91 Å². The summed E-state index contributed by atoms with van der Waals surface area (Å²) in [5, 5.41) is 6.77. The molecule has 4 heteroatoms. The molecule has 14 heavy (non-hydrogen) atoms. The maximum atomic E-state index is 11.0. The van der Waals surface area contributed by atoms with Crippen molar-refractivity contribution in [3.8, 4) is 0 Å². The zero-order valence-electron chi connectivity index (χ0n) is 8.95. The summed E-state index contributed by atoms with van der Waals surface area (Å²) in [6.45, 7) is 4.90. The van der Waals surface area contributed by atoms with Gasteiger partial charge in [0.15, 0.2) is 0 Å². The van der Waals surface area contributed by atoms with Gasteiger partial charge in [0.05, 0.1) is 6.20 Å². The van der Waals surface area contributed by atoms with Crippen LogP contribution < -0.4 is 5.32 Å². The second kappa shape index (κ2) is 4.79. The maximum Gasteiger partial charge on any atom is 0.221 e. The van der Waals surface area contributed by atoms with Crippen LogP contribution in [0.15, 0.2) is 12.4 Å². The molecular weight excluding hydrogens is 178 g/mol. The van der Waals surface area contributed by atoms with E-state index in [2.05, 4.69) is 24.3 Å². The molecular formula is C10H17N3O. The summed E-state index contributed by atoms with van der Waals surface area (Å²) in [6, 6.07) is 0. The summed E-state index contributed by atoms with van der Waals surface area (Å²) >= 11 is 0. The molecule has 0 aromatic carbocycles. The minimum absolute atomic E-state index is 0.0478. The number of aryl methyl sites for hydroxylation is 1. The van der Waals surface area contributed by atoms with Crippen LogP contribution in [0.5, 0.6) is 0 Å². The summed E-state index contributed by atoms with van der Waals surface area (Å²) in [6.07, 6.45) is 4.33. The quantitative estimate of drug-likeness (QED) is 0.783. The largest absolute Gasteiger partial charge is 0.359 e. The Hall–Kier alpha value is -1.32. The predicted octanol–water partition coefficient (Wildman–Crippen LogP) is 1.14. The molecule has 0 saturated heterocycles. The number of nitrogens with zero attached hydrogens (tertiary/aromatic N) is 2. The SMILES string of the molecule is CNC(=O)CCn1cc(C(C)C)cn1. The molecule has 0 fully saturated rings. The molecule has 78 valence electrons. The van der Waals surface area contributed by atoms with Gasteiger partial charge in [-0.15, -0.1) is 0 Å². The Kier molecular flexibility index (Phi) is 3.68. The van der Waals surface area contributed by atoms with Gasteiger partial charge < -0.3 is 5.32 Å². The average molecular weight is 195 g/mol. The smallest absolute Gasteiger partial charge is 0.221 e. The highest BCUT2D eigenvalue weighted by atomic mass is 16.1. The van der Waals surface area contributed by atoms with E-state index in [9.17, 15) is 4.79 Å². The molecule has 1 amide bonds. The maximum absolute atomic E-state index is 11.0. The number of hydrogen-bond donors (Lipinski definition) is 1. The van der Waals surface area contributed by atoms with Crippen molar-refractivity contribution in [2.45, 2.75) is 32.7 Å². The van der Waals surface area contributed by atoms with Crippen LogP contribution >= 0.6 is 0 Å². The molecule has 0 aliphatic carbocycles. The molecule has 1 heterocycles. The summed E-state index contributed by atoms with van der Waals surface area (Å²) < 4.78 is 1.81. The highest BCUT2D eigenvalue weighted by Crippen LogP contribution is 2.12. The highest BCUT2D eigenvalue weighted by molar-refractivity contribution is 5.75. The van der Waals surface area contributed by atoms with Crippen molar-refractivity contribution < 1.29 is 4.79 Å². The van der Waals surface area contributed by atoms with Crippen LogP contribution in [0.25, 0.3) is 0 Å². The molecule has 0 radical (unpaired) electrons. The van der Waals surface area contributed by atoms with Gasteiger partial charge in [-0.1, -0.05) is 13.8 Å². The van der Waals surface area contributed by atoms with Gasteiger partial charge in [-0.3, -0.25) is 9.48 Å². The first-order valence-electron chi connectivity index (χ1n) is 4.86. The van der Waals surface area contributed by atoms with E-state index in [-0.39, 0.29) is 5.91 Å². The number of amides is 1. The highest BCUT2D eigenvalue weighted by Gasteiger charge is 2.03. The normalized spacial score (nSPS) is 10.6. The van der Waals surface area contributed by atoms with Crippen molar-refractivity contribution in [2.24, 2.45) is 0 Å². The molecule has 1 N–H and O–H groups in total. The van der Waals surface area contributed by atoms with Crippen LogP contribution in [0.4, 0.5) is 0 Å². The molecule has 0 bridgehead atoms. The summed E-state index contributed by atoms with van der Waals surface area (Å²) in [5.74, 6) is 0.537. The fourth-order valence-electron chi connectivity index (χ4n) is 1.14. The third-order valence-electron chi connectivity index (χ3n) is 2.17. The number of carbonyl (C=O) groups is 1. The first-order valence-corrected chi connectivity index (χ1v) is 4.86. The first kappa shape index (κ1) is 10.8. The number of carbonyl (C=O) groups excluding carboxylic acids is 1. The Morgan fingerprint density at radius 3 is 2.86 bits per heavy atom. The molecule has 0 saturated carbocycles. The molecule has 0 aliphatic rings. The van der Waals surface area contributed by atoms with E-state index in [0.29, 0.717) is 18.9 Å². The van der Waals surface area contributed by atoms with Crippen LogP contribution in [0.2, 0.25) is 0 Å². The molecule has 1 aromatic heterocycles. The summed E-state index contributed by atoms with van der Waals surface area (Å²) in [7, 11) is 1.64. The van der Waals surface area contributed by atoms with E-state index >= 15 is 0 Å². The lowest BCUT2D eigenvalue weighted by molar-refractivity contribution is -0.120. The van der Waals surface area contributed by atoms with Crippen LogP contribution in [0.1, 0.15) is 31.7 Å².